The molecule has 0 aliphatic carbocycles. The van der Waals surface area contributed by atoms with Crippen LogP contribution in [0.2, 0.25) is 0 Å². The zero-order valence-corrected chi connectivity index (χ0v) is 19.7. The number of nitrogens with zero attached hydrogens (tertiary/aromatic N) is 2. The van der Waals surface area contributed by atoms with Gasteiger partial charge >= 0.3 is 0 Å². The quantitative estimate of drug-likeness (QED) is 0.337. The van der Waals surface area contributed by atoms with E-state index in [9.17, 15) is 4.79 Å². The fourth-order valence-electron chi connectivity index (χ4n) is 4.24. The summed E-state index contributed by atoms with van der Waals surface area (Å²) in [7, 11) is 0. The number of aromatic amines is 1. The first-order valence-corrected chi connectivity index (χ1v) is 11.6. The number of benzene rings is 3. The van der Waals surface area contributed by atoms with Gasteiger partial charge in [0.2, 0.25) is 5.91 Å². The van der Waals surface area contributed by atoms with Crippen LogP contribution >= 0.6 is 12.2 Å². The lowest BCUT2D eigenvalue weighted by atomic mass is 9.86. The van der Waals surface area contributed by atoms with Gasteiger partial charge in [0.25, 0.3) is 0 Å². The molecule has 2 N–H and O–H groups in total. The fraction of sp³-hybridized carbons (Fsp3) is 0.222. The van der Waals surface area contributed by atoms with Crippen LogP contribution in [0.1, 0.15) is 36.0 Å². The Hall–Kier alpha value is -3.51. The topological polar surface area (TPSA) is 62.7 Å². The van der Waals surface area contributed by atoms with Crippen LogP contribution in [-0.4, -0.2) is 26.7 Å². The number of aromatic nitrogens is 3. The average molecular weight is 457 g/mol. The number of aryl methyl sites for hydroxylation is 1. The van der Waals surface area contributed by atoms with E-state index in [0.29, 0.717) is 17.7 Å². The average Bonchev–Trinajstić information content (AvgIpc) is 3.19. The highest BCUT2D eigenvalue weighted by Gasteiger charge is 2.23. The normalized spacial score (nSPS) is 12.0. The SMILES string of the molecule is Cc1cccc(-c2n[nH]c(=S)n2CCC(=O)NC(C)C(c2ccccc2)c2ccccc2)c1. The second-order valence-electron chi connectivity index (χ2n) is 8.28. The van der Waals surface area contributed by atoms with Gasteiger partial charge in [0.05, 0.1) is 0 Å². The van der Waals surface area contributed by atoms with Crippen molar-refractivity contribution >= 4 is 18.1 Å². The molecule has 0 aliphatic rings. The van der Waals surface area contributed by atoms with Gasteiger partial charge < -0.3 is 5.32 Å². The Morgan fingerprint density at radius 2 is 1.64 bits per heavy atom. The molecule has 1 amide bonds. The number of hydrogen-bond acceptors (Lipinski definition) is 3. The summed E-state index contributed by atoms with van der Waals surface area (Å²) < 4.78 is 2.40. The highest BCUT2D eigenvalue weighted by molar-refractivity contribution is 7.71. The molecule has 1 aromatic heterocycles. The molecule has 0 saturated heterocycles. The molecule has 0 spiro atoms. The molecular formula is C27H28N4OS. The summed E-state index contributed by atoms with van der Waals surface area (Å²) in [6, 6.07) is 28.6. The van der Waals surface area contributed by atoms with Gasteiger partial charge in [-0.15, -0.1) is 0 Å². The lowest BCUT2D eigenvalue weighted by molar-refractivity contribution is -0.122. The lowest BCUT2D eigenvalue weighted by Gasteiger charge is -2.26. The first-order valence-electron chi connectivity index (χ1n) is 11.1. The van der Waals surface area contributed by atoms with E-state index in [4.69, 9.17) is 12.2 Å². The van der Waals surface area contributed by atoms with Crippen molar-refractivity contribution in [1.29, 1.82) is 0 Å². The summed E-state index contributed by atoms with van der Waals surface area (Å²) in [5.74, 6) is 0.795. The van der Waals surface area contributed by atoms with Crippen LogP contribution in [0.25, 0.3) is 11.4 Å². The third-order valence-corrected chi connectivity index (χ3v) is 6.11. The monoisotopic (exact) mass is 456 g/mol. The number of H-pyrrole nitrogens is 1. The molecule has 1 atom stereocenters. The van der Waals surface area contributed by atoms with E-state index in [1.54, 1.807) is 0 Å². The van der Waals surface area contributed by atoms with E-state index in [2.05, 4.69) is 52.8 Å². The fourth-order valence-corrected chi connectivity index (χ4v) is 4.47. The maximum absolute atomic E-state index is 12.9. The van der Waals surface area contributed by atoms with Crippen LogP contribution in [0.4, 0.5) is 0 Å². The summed E-state index contributed by atoms with van der Waals surface area (Å²) in [5.41, 5.74) is 4.47. The van der Waals surface area contributed by atoms with Crippen molar-refractivity contribution in [2.24, 2.45) is 0 Å². The number of carbonyl (C=O) groups is 1. The minimum atomic E-state index is -0.0733. The summed E-state index contributed by atoms with van der Waals surface area (Å²) >= 11 is 5.43. The van der Waals surface area contributed by atoms with E-state index in [0.717, 1.165) is 17.0 Å². The van der Waals surface area contributed by atoms with Crippen molar-refractivity contribution in [1.82, 2.24) is 20.1 Å². The molecule has 0 aliphatic heterocycles. The van der Waals surface area contributed by atoms with E-state index in [-0.39, 0.29) is 17.9 Å². The third kappa shape index (κ3) is 5.46. The molecule has 1 unspecified atom stereocenters. The van der Waals surface area contributed by atoms with Crippen LogP contribution in [-0.2, 0) is 11.3 Å². The summed E-state index contributed by atoms with van der Waals surface area (Å²) in [5, 5.41) is 10.5. The van der Waals surface area contributed by atoms with Gasteiger partial charge in [-0.25, -0.2) is 0 Å². The molecule has 0 bridgehead atoms. The van der Waals surface area contributed by atoms with E-state index < -0.39 is 0 Å². The van der Waals surface area contributed by atoms with Crippen molar-refractivity contribution in [2.75, 3.05) is 0 Å². The molecule has 0 radical (unpaired) electrons. The molecular weight excluding hydrogens is 428 g/mol. The smallest absolute Gasteiger partial charge is 0.222 e. The van der Waals surface area contributed by atoms with Crippen LogP contribution < -0.4 is 5.32 Å². The van der Waals surface area contributed by atoms with Crippen LogP contribution in [0.3, 0.4) is 0 Å². The zero-order chi connectivity index (χ0) is 23.2. The predicted octanol–water partition coefficient (Wildman–Crippen LogP) is 5.64. The van der Waals surface area contributed by atoms with Gasteiger partial charge in [0, 0.05) is 30.5 Å². The van der Waals surface area contributed by atoms with E-state index in [1.807, 2.05) is 66.1 Å². The molecule has 5 nitrogen and oxygen atoms in total. The third-order valence-electron chi connectivity index (χ3n) is 5.80. The highest BCUT2D eigenvalue weighted by Crippen LogP contribution is 2.28. The van der Waals surface area contributed by atoms with Gasteiger partial charge in [-0.1, -0.05) is 84.4 Å². The molecule has 33 heavy (non-hydrogen) atoms. The zero-order valence-electron chi connectivity index (χ0n) is 18.9. The Bertz CT molecular complexity index is 1220. The van der Waals surface area contributed by atoms with Gasteiger partial charge in [-0.05, 0) is 43.3 Å². The lowest BCUT2D eigenvalue weighted by Crippen LogP contribution is -2.37. The number of amides is 1. The van der Waals surface area contributed by atoms with Crippen molar-refractivity contribution in [3.63, 3.8) is 0 Å². The molecule has 4 rings (SSSR count). The molecule has 168 valence electrons. The summed E-state index contributed by atoms with van der Waals surface area (Å²) in [6.07, 6.45) is 0.313. The van der Waals surface area contributed by atoms with Gasteiger partial charge in [-0.2, -0.15) is 5.10 Å². The van der Waals surface area contributed by atoms with Crippen molar-refractivity contribution < 1.29 is 4.79 Å². The van der Waals surface area contributed by atoms with Crippen LogP contribution in [0, 0.1) is 11.7 Å². The Balaban J connectivity index is 1.48. The second-order valence-corrected chi connectivity index (χ2v) is 8.67. The van der Waals surface area contributed by atoms with Crippen LogP contribution in [0.15, 0.2) is 84.9 Å². The number of hydrogen-bond donors (Lipinski definition) is 2. The van der Waals surface area contributed by atoms with E-state index in [1.165, 1.54) is 11.1 Å². The van der Waals surface area contributed by atoms with Gasteiger partial charge in [-0.3, -0.25) is 14.5 Å². The molecule has 6 heteroatoms. The molecule has 0 saturated carbocycles. The number of nitrogens with one attached hydrogen (secondary N) is 2. The predicted molar refractivity (Wildman–Crippen MR) is 135 cm³/mol. The first kappa shape index (κ1) is 22.7. The molecule has 0 fully saturated rings. The van der Waals surface area contributed by atoms with Crippen molar-refractivity contribution in [3.8, 4) is 11.4 Å². The minimum Gasteiger partial charge on any atom is -0.353 e. The maximum atomic E-state index is 12.9. The molecule has 3 aromatic carbocycles. The largest absolute Gasteiger partial charge is 0.353 e. The van der Waals surface area contributed by atoms with Crippen molar-refractivity contribution in [2.45, 2.75) is 38.8 Å². The number of rotatable bonds is 8. The number of carbonyl (C=O) groups excluding carboxylic acids is 1. The summed E-state index contributed by atoms with van der Waals surface area (Å²) in [4.78, 5) is 12.9. The second kappa shape index (κ2) is 10.4. The standard InChI is InChI=1S/C27H28N4OS/c1-19-10-9-15-23(18-19)26-29-30-27(33)31(26)17-16-24(32)28-20(2)25(21-11-5-3-6-12-21)22-13-7-4-8-14-22/h3-15,18,20,25H,16-17H2,1-2H3,(H,28,32)(H,30,33). The van der Waals surface area contributed by atoms with Gasteiger partial charge in [0.15, 0.2) is 10.6 Å². The van der Waals surface area contributed by atoms with E-state index >= 15 is 0 Å². The first-order chi connectivity index (χ1) is 16.0. The Morgan fingerprint density at radius 1 is 1.00 bits per heavy atom. The van der Waals surface area contributed by atoms with Gasteiger partial charge in [0.1, 0.15) is 0 Å². The Morgan fingerprint density at radius 3 is 2.24 bits per heavy atom. The van der Waals surface area contributed by atoms with Crippen molar-refractivity contribution in [3.05, 3.63) is 106 Å². The summed E-state index contributed by atoms with van der Waals surface area (Å²) in [6.45, 7) is 4.56. The minimum absolute atomic E-state index is 0.0161. The highest BCUT2D eigenvalue weighted by atomic mass is 32.1. The van der Waals surface area contributed by atoms with Crippen LogP contribution in [0.5, 0.6) is 0 Å². The maximum Gasteiger partial charge on any atom is 0.222 e. The Kier molecular flexibility index (Phi) is 7.15. The molecule has 1 heterocycles. The Labute approximate surface area is 199 Å². The molecule has 4 aromatic rings.